The van der Waals surface area contributed by atoms with Crippen LogP contribution in [0.5, 0.6) is 17.4 Å². The van der Waals surface area contributed by atoms with Gasteiger partial charge in [0.25, 0.3) is 0 Å². The van der Waals surface area contributed by atoms with E-state index in [0.717, 1.165) is 26.9 Å². The van der Waals surface area contributed by atoms with Crippen molar-refractivity contribution >= 4 is 29.8 Å². The number of para-hydroxylation sites is 1. The molecule has 11 nitrogen and oxygen atoms in total. The van der Waals surface area contributed by atoms with Gasteiger partial charge < -0.3 is 19.4 Å². The van der Waals surface area contributed by atoms with Crippen molar-refractivity contribution in [2.75, 3.05) is 38.9 Å². The molecule has 0 amide bonds. The number of nitrogens with one attached hydrogen (secondary N) is 1. The number of hydrogen-bond donors (Lipinski definition) is 2. The number of aryl methyl sites for hydroxylation is 1. The third-order valence-corrected chi connectivity index (χ3v) is 7.09. The van der Waals surface area contributed by atoms with Crippen LogP contribution >= 0.6 is 23.9 Å². The van der Waals surface area contributed by atoms with E-state index in [2.05, 4.69) is 26.0 Å². The number of methoxy groups -OCH3 is 3. The van der Waals surface area contributed by atoms with Crippen LogP contribution < -0.4 is 18.9 Å². The van der Waals surface area contributed by atoms with Gasteiger partial charge in [-0.2, -0.15) is 5.26 Å². The van der Waals surface area contributed by atoms with Crippen LogP contribution in [-0.2, 0) is 6.42 Å². The van der Waals surface area contributed by atoms with E-state index in [1.165, 1.54) is 19.0 Å². The van der Waals surface area contributed by atoms with Crippen molar-refractivity contribution in [2.45, 2.75) is 11.3 Å². The molecule has 4 aromatic rings. The van der Waals surface area contributed by atoms with Crippen molar-refractivity contribution < 1.29 is 19.4 Å². The summed E-state index contributed by atoms with van der Waals surface area (Å²) >= 11 is 2.60. The molecule has 2 aromatic carbocycles. The molecular weight excluding hydrogens is 538 g/mol. The summed E-state index contributed by atoms with van der Waals surface area (Å²) in [7, 11) is 6.27. The summed E-state index contributed by atoms with van der Waals surface area (Å²) in [5.74, 6) is 3.17. The van der Waals surface area contributed by atoms with Crippen LogP contribution in [-0.4, -0.2) is 63.6 Å². The number of hydrogen-bond acceptors (Lipinski definition) is 12. The Morgan fingerprint density at radius 1 is 1.03 bits per heavy atom. The minimum atomic E-state index is 0.447. The molecule has 0 atom stereocenters. The maximum atomic E-state index is 9.71. The lowest BCUT2D eigenvalue weighted by Gasteiger charge is -2.17. The van der Waals surface area contributed by atoms with Crippen LogP contribution in [0.25, 0.3) is 17.2 Å². The molecule has 0 aliphatic heterocycles. The van der Waals surface area contributed by atoms with E-state index in [-0.39, 0.29) is 0 Å². The smallest absolute Gasteiger partial charge is 0.239 e. The van der Waals surface area contributed by atoms with Gasteiger partial charge in [0.2, 0.25) is 11.8 Å². The molecule has 0 bridgehead atoms. The zero-order valence-corrected chi connectivity index (χ0v) is 23.4. The summed E-state index contributed by atoms with van der Waals surface area (Å²) in [6.45, 7) is 0. The van der Waals surface area contributed by atoms with E-state index < -0.39 is 0 Å². The number of rotatable bonds is 12. The van der Waals surface area contributed by atoms with Crippen LogP contribution in [0.3, 0.4) is 0 Å². The molecule has 39 heavy (non-hydrogen) atoms. The fraction of sp³-hybridized carbons (Fsp3) is 0.231. The first-order valence-electron chi connectivity index (χ1n) is 11.7. The molecule has 0 fully saturated rings. The Balaban J connectivity index is 1.64. The normalized spacial score (nSPS) is 10.8. The second-order valence-corrected chi connectivity index (χ2v) is 10.0. The number of nitriles is 1. The number of pyridine rings is 1. The number of anilines is 1. The van der Waals surface area contributed by atoms with Crippen LogP contribution in [0.4, 0.5) is 5.95 Å². The Bertz CT molecular complexity index is 1450. The van der Waals surface area contributed by atoms with E-state index in [0.29, 0.717) is 58.3 Å². The van der Waals surface area contributed by atoms with Gasteiger partial charge in [0.1, 0.15) is 22.9 Å². The van der Waals surface area contributed by atoms with Crippen molar-refractivity contribution in [2.24, 2.45) is 0 Å². The molecule has 2 N–H and O–H groups in total. The highest BCUT2D eigenvalue weighted by molar-refractivity contribution is 8.00. The second kappa shape index (κ2) is 13.2. The van der Waals surface area contributed by atoms with Crippen LogP contribution in [0.15, 0.2) is 59.5 Å². The number of ether oxygens (including phenoxy) is 3. The Morgan fingerprint density at radius 2 is 1.77 bits per heavy atom. The predicted molar refractivity (Wildman–Crippen MR) is 151 cm³/mol. The van der Waals surface area contributed by atoms with Crippen molar-refractivity contribution in [3.8, 4) is 40.7 Å². The lowest BCUT2D eigenvalue weighted by Crippen LogP contribution is -2.08. The van der Waals surface area contributed by atoms with E-state index >= 15 is 0 Å². The molecule has 2 aromatic heterocycles. The molecule has 4 rings (SSSR count). The van der Waals surface area contributed by atoms with Gasteiger partial charge in [-0.15, -0.1) is 14.7 Å². The maximum absolute atomic E-state index is 9.71. The highest BCUT2D eigenvalue weighted by atomic mass is 32.2. The Hall–Kier alpha value is -3.96. The zero-order chi connectivity index (χ0) is 27.8. The van der Waals surface area contributed by atoms with Gasteiger partial charge in [-0.3, -0.25) is 9.29 Å². The molecule has 0 spiro atoms. The minimum absolute atomic E-state index is 0.447. The lowest BCUT2D eigenvalue weighted by molar-refractivity contribution is 0.0453. The summed E-state index contributed by atoms with van der Waals surface area (Å²) in [6.07, 6.45) is 0.677. The van der Waals surface area contributed by atoms with Gasteiger partial charge in [0.05, 0.1) is 33.0 Å². The quantitative estimate of drug-likeness (QED) is 0.138. The lowest BCUT2D eigenvalue weighted by atomic mass is 10.1. The first-order chi connectivity index (χ1) is 19.0. The fourth-order valence-corrected chi connectivity index (χ4v) is 5.20. The summed E-state index contributed by atoms with van der Waals surface area (Å²) in [5, 5.41) is 27.8. The molecule has 0 radical (unpaired) electrons. The topological polar surface area (TPSA) is 131 Å². The average Bonchev–Trinajstić information content (AvgIpc) is 3.38. The van der Waals surface area contributed by atoms with E-state index in [4.69, 9.17) is 14.2 Å². The van der Waals surface area contributed by atoms with Crippen molar-refractivity contribution in [3.63, 3.8) is 0 Å². The Morgan fingerprint density at radius 3 is 2.44 bits per heavy atom. The molecule has 202 valence electrons. The molecule has 0 unspecified atom stereocenters. The van der Waals surface area contributed by atoms with Crippen LogP contribution in [0, 0.1) is 11.3 Å². The van der Waals surface area contributed by atoms with Crippen molar-refractivity contribution in [1.29, 1.82) is 5.26 Å². The van der Waals surface area contributed by atoms with E-state index in [1.807, 2.05) is 36.4 Å². The molecular formula is C26H27N7O4S2. The SMILES string of the molecule is COc1cccc(-c2nnc(NSCCc3ccc(C#N)cc3SN(C)O)n2-c2c(OC)cccc2OC)n1. The number of aromatic nitrogens is 4. The first-order valence-corrected chi connectivity index (χ1v) is 13.4. The summed E-state index contributed by atoms with van der Waals surface area (Å²) in [6, 6.07) is 18.5. The standard InChI is InChI=1S/C26H27N7O4S2/c1-32(34)39-22-15-17(16-27)11-12-18(22)13-14-38-31-26-30-29-25(19-7-5-10-23(28-19)37-4)33(26)24-20(35-2)8-6-9-21(24)36-3/h5-12,15,34H,13-14H2,1-4H3,(H,30,31). The molecule has 0 saturated carbocycles. The van der Waals surface area contributed by atoms with Gasteiger partial charge >= 0.3 is 0 Å². The first kappa shape index (κ1) is 28.1. The van der Waals surface area contributed by atoms with Crippen LogP contribution in [0.2, 0.25) is 0 Å². The number of nitrogens with zero attached hydrogens (tertiary/aromatic N) is 6. The molecule has 13 heteroatoms. The minimum Gasteiger partial charge on any atom is -0.494 e. The molecule has 2 heterocycles. The Kier molecular flexibility index (Phi) is 9.50. The summed E-state index contributed by atoms with van der Waals surface area (Å²) in [5.41, 5.74) is 2.71. The van der Waals surface area contributed by atoms with Gasteiger partial charge in [0.15, 0.2) is 5.82 Å². The molecule has 0 aliphatic rings. The van der Waals surface area contributed by atoms with Crippen molar-refractivity contribution in [3.05, 3.63) is 65.7 Å². The van der Waals surface area contributed by atoms with E-state index in [1.54, 1.807) is 44.1 Å². The van der Waals surface area contributed by atoms with Gasteiger partial charge in [0, 0.05) is 23.8 Å². The summed E-state index contributed by atoms with van der Waals surface area (Å²) < 4.78 is 22.8. The fourth-order valence-electron chi connectivity index (χ4n) is 3.77. The zero-order valence-electron chi connectivity index (χ0n) is 21.8. The number of hydroxylamine groups is 1. The third-order valence-electron chi connectivity index (χ3n) is 5.51. The highest BCUT2D eigenvalue weighted by Crippen LogP contribution is 2.38. The van der Waals surface area contributed by atoms with Gasteiger partial charge in [-0.25, -0.2) is 4.98 Å². The third kappa shape index (κ3) is 6.55. The van der Waals surface area contributed by atoms with Crippen molar-refractivity contribution in [1.82, 2.24) is 24.2 Å². The monoisotopic (exact) mass is 565 g/mol. The maximum Gasteiger partial charge on any atom is 0.239 e. The highest BCUT2D eigenvalue weighted by Gasteiger charge is 2.23. The van der Waals surface area contributed by atoms with Crippen LogP contribution in [0.1, 0.15) is 11.1 Å². The molecule has 0 saturated heterocycles. The van der Waals surface area contributed by atoms with E-state index in [9.17, 15) is 10.5 Å². The summed E-state index contributed by atoms with van der Waals surface area (Å²) in [4.78, 5) is 5.36. The van der Waals surface area contributed by atoms with Gasteiger partial charge in [-0.05, 0) is 66.2 Å². The second-order valence-electron chi connectivity index (χ2n) is 7.95. The number of benzene rings is 2. The average molecular weight is 566 g/mol. The predicted octanol–water partition coefficient (Wildman–Crippen LogP) is 4.86. The Labute approximate surface area is 235 Å². The largest absolute Gasteiger partial charge is 0.494 e. The molecule has 0 aliphatic carbocycles. The van der Waals surface area contributed by atoms with Gasteiger partial charge in [-0.1, -0.05) is 18.2 Å².